The SMILES string of the molecule is O=C1NC(=O)C(C2Cc3ccccc3C2)S1. The van der Waals surface area contributed by atoms with E-state index in [1.54, 1.807) is 0 Å². The molecule has 1 N–H and O–H groups in total. The van der Waals surface area contributed by atoms with Crippen LogP contribution >= 0.6 is 11.8 Å². The second-order valence-corrected chi connectivity index (χ2v) is 5.37. The maximum absolute atomic E-state index is 11.6. The first kappa shape index (κ1) is 9.90. The van der Waals surface area contributed by atoms with E-state index in [0.717, 1.165) is 24.6 Å². The molecule has 1 aromatic carbocycles. The Hall–Kier alpha value is -1.29. The summed E-state index contributed by atoms with van der Waals surface area (Å²) in [6.07, 6.45) is 1.82. The van der Waals surface area contributed by atoms with Crippen molar-refractivity contribution >= 4 is 22.9 Å². The Morgan fingerprint density at radius 3 is 2.25 bits per heavy atom. The van der Waals surface area contributed by atoms with Crippen molar-refractivity contribution in [1.29, 1.82) is 0 Å². The molecule has 0 saturated carbocycles. The molecule has 1 aromatic rings. The van der Waals surface area contributed by atoms with Gasteiger partial charge in [-0.05, 0) is 29.9 Å². The first-order valence-electron chi connectivity index (χ1n) is 5.32. The number of benzene rings is 1. The predicted octanol–water partition coefficient (Wildman–Crippen LogP) is 1.75. The van der Waals surface area contributed by atoms with Gasteiger partial charge in [-0.15, -0.1) is 0 Å². The number of amides is 2. The first-order valence-corrected chi connectivity index (χ1v) is 6.20. The van der Waals surface area contributed by atoms with Crippen molar-refractivity contribution in [2.75, 3.05) is 0 Å². The van der Waals surface area contributed by atoms with Crippen LogP contribution in [0, 0.1) is 5.92 Å². The number of thioether (sulfide) groups is 1. The van der Waals surface area contributed by atoms with E-state index in [9.17, 15) is 9.59 Å². The molecule has 4 heteroatoms. The third-order valence-corrected chi connectivity index (χ3v) is 4.40. The minimum Gasteiger partial charge on any atom is -0.286 e. The third-order valence-electron chi connectivity index (χ3n) is 3.23. The Morgan fingerprint density at radius 1 is 1.12 bits per heavy atom. The molecule has 0 radical (unpaired) electrons. The zero-order valence-electron chi connectivity index (χ0n) is 8.60. The molecule has 16 heavy (non-hydrogen) atoms. The summed E-state index contributed by atoms with van der Waals surface area (Å²) in [5, 5.41) is 1.96. The second kappa shape index (κ2) is 3.63. The zero-order valence-corrected chi connectivity index (χ0v) is 9.42. The maximum Gasteiger partial charge on any atom is 0.286 e. The molecule has 3 rings (SSSR count). The van der Waals surface area contributed by atoms with E-state index < -0.39 is 0 Å². The topological polar surface area (TPSA) is 46.2 Å². The Bertz CT molecular complexity index is 447. The Balaban J connectivity index is 1.81. The van der Waals surface area contributed by atoms with Crippen molar-refractivity contribution in [1.82, 2.24) is 5.32 Å². The average molecular weight is 233 g/mol. The normalized spacial score (nSPS) is 24.6. The minimum absolute atomic E-state index is 0.118. The molecule has 1 aliphatic carbocycles. The van der Waals surface area contributed by atoms with Crippen LogP contribution in [0.2, 0.25) is 0 Å². The number of fused-ring (bicyclic) bond motifs is 1. The van der Waals surface area contributed by atoms with Crippen molar-refractivity contribution in [3.8, 4) is 0 Å². The Kier molecular flexibility index (Phi) is 2.24. The van der Waals surface area contributed by atoms with Gasteiger partial charge in [0.2, 0.25) is 5.91 Å². The first-order chi connectivity index (χ1) is 7.74. The summed E-state index contributed by atoms with van der Waals surface area (Å²) in [5.74, 6) is 0.154. The summed E-state index contributed by atoms with van der Waals surface area (Å²) in [4.78, 5) is 22.7. The molecule has 1 unspecified atom stereocenters. The van der Waals surface area contributed by atoms with Gasteiger partial charge in [-0.2, -0.15) is 0 Å². The molecule has 1 saturated heterocycles. The van der Waals surface area contributed by atoms with Crippen molar-refractivity contribution < 1.29 is 9.59 Å². The lowest BCUT2D eigenvalue weighted by atomic mass is 10.0. The fourth-order valence-electron chi connectivity index (χ4n) is 2.49. The highest BCUT2D eigenvalue weighted by Gasteiger charge is 2.40. The van der Waals surface area contributed by atoms with E-state index in [1.807, 2.05) is 12.1 Å². The lowest BCUT2D eigenvalue weighted by molar-refractivity contribution is -0.119. The lowest BCUT2D eigenvalue weighted by Crippen LogP contribution is -2.29. The highest BCUT2D eigenvalue weighted by atomic mass is 32.2. The van der Waals surface area contributed by atoms with Crippen LogP contribution in [0.4, 0.5) is 4.79 Å². The van der Waals surface area contributed by atoms with E-state index in [2.05, 4.69) is 17.4 Å². The monoisotopic (exact) mass is 233 g/mol. The maximum atomic E-state index is 11.6. The predicted molar refractivity (Wildman–Crippen MR) is 62.3 cm³/mol. The van der Waals surface area contributed by atoms with Gasteiger partial charge in [0.15, 0.2) is 0 Å². The van der Waals surface area contributed by atoms with Crippen LogP contribution in [0.25, 0.3) is 0 Å². The molecule has 0 aromatic heterocycles. The van der Waals surface area contributed by atoms with Gasteiger partial charge in [-0.3, -0.25) is 14.9 Å². The van der Waals surface area contributed by atoms with Crippen molar-refractivity contribution in [2.24, 2.45) is 5.92 Å². The van der Waals surface area contributed by atoms with Crippen LogP contribution in [-0.2, 0) is 17.6 Å². The second-order valence-electron chi connectivity index (χ2n) is 4.25. The molecule has 0 spiro atoms. The van der Waals surface area contributed by atoms with Crippen molar-refractivity contribution in [3.63, 3.8) is 0 Å². The number of carbonyl (C=O) groups excluding carboxylic acids is 2. The van der Waals surface area contributed by atoms with Gasteiger partial charge >= 0.3 is 0 Å². The highest BCUT2D eigenvalue weighted by Crippen LogP contribution is 2.36. The molecule has 82 valence electrons. The van der Waals surface area contributed by atoms with E-state index in [4.69, 9.17) is 0 Å². The van der Waals surface area contributed by atoms with Crippen LogP contribution in [0.15, 0.2) is 24.3 Å². The molecule has 1 atom stereocenters. The van der Waals surface area contributed by atoms with E-state index in [0.29, 0.717) is 0 Å². The molecular weight excluding hydrogens is 222 g/mol. The van der Waals surface area contributed by atoms with Gasteiger partial charge in [-0.1, -0.05) is 36.0 Å². The van der Waals surface area contributed by atoms with Gasteiger partial charge in [0.25, 0.3) is 5.24 Å². The van der Waals surface area contributed by atoms with Crippen LogP contribution in [0.3, 0.4) is 0 Å². The number of rotatable bonds is 1. The van der Waals surface area contributed by atoms with Crippen LogP contribution < -0.4 is 5.32 Å². The van der Waals surface area contributed by atoms with Crippen LogP contribution in [0.5, 0.6) is 0 Å². The smallest absolute Gasteiger partial charge is 0.286 e. The van der Waals surface area contributed by atoms with Gasteiger partial charge in [0.05, 0.1) is 5.25 Å². The third kappa shape index (κ3) is 1.53. The van der Waals surface area contributed by atoms with Gasteiger partial charge in [-0.25, -0.2) is 0 Å². The largest absolute Gasteiger partial charge is 0.286 e. The number of carbonyl (C=O) groups is 2. The molecule has 3 nitrogen and oxygen atoms in total. The number of nitrogens with one attached hydrogen (secondary N) is 1. The summed E-state index contributed by atoms with van der Waals surface area (Å²) in [7, 11) is 0. The Labute approximate surface area is 97.6 Å². The van der Waals surface area contributed by atoms with E-state index >= 15 is 0 Å². The van der Waals surface area contributed by atoms with Gasteiger partial charge < -0.3 is 0 Å². The van der Waals surface area contributed by atoms with E-state index in [1.165, 1.54) is 11.1 Å². The zero-order chi connectivity index (χ0) is 11.1. The number of hydrogen-bond donors (Lipinski definition) is 1. The summed E-state index contributed by atoms with van der Waals surface area (Å²) in [5.41, 5.74) is 2.64. The quantitative estimate of drug-likeness (QED) is 0.804. The molecule has 1 fully saturated rings. The van der Waals surface area contributed by atoms with Crippen molar-refractivity contribution in [2.45, 2.75) is 18.1 Å². The molecule has 0 bridgehead atoms. The number of imide groups is 1. The lowest BCUT2D eigenvalue weighted by Gasteiger charge is -2.12. The van der Waals surface area contributed by atoms with Crippen LogP contribution in [-0.4, -0.2) is 16.4 Å². The fraction of sp³-hybridized carbons (Fsp3) is 0.333. The van der Waals surface area contributed by atoms with Crippen molar-refractivity contribution in [3.05, 3.63) is 35.4 Å². The minimum atomic E-state index is -0.203. The molecule has 2 amide bonds. The summed E-state index contributed by atoms with van der Waals surface area (Å²) in [6.45, 7) is 0. The molecular formula is C12H11NO2S. The molecule has 1 aliphatic heterocycles. The summed E-state index contributed by atoms with van der Waals surface area (Å²) >= 11 is 1.14. The average Bonchev–Trinajstić information content (AvgIpc) is 2.81. The summed E-state index contributed by atoms with van der Waals surface area (Å²) < 4.78 is 0. The Morgan fingerprint density at radius 2 is 1.75 bits per heavy atom. The number of hydrogen-bond acceptors (Lipinski definition) is 3. The summed E-state index contributed by atoms with van der Waals surface area (Å²) in [6, 6.07) is 8.26. The van der Waals surface area contributed by atoms with Crippen LogP contribution in [0.1, 0.15) is 11.1 Å². The van der Waals surface area contributed by atoms with Gasteiger partial charge in [0.1, 0.15) is 0 Å². The highest BCUT2D eigenvalue weighted by molar-refractivity contribution is 8.15. The van der Waals surface area contributed by atoms with Gasteiger partial charge in [0, 0.05) is 0 Å². The molecule has 1 heterocycles. The standard InChI is InChI=1S/C12H11NO2S/c14-11-10(16-12(15)13-11)9-5-7-3-1-2-4-8(7)6-9/h1-4,9-10H,5-6H2,(H,13,14,15). The fourth-order valence-corrected chi connectivity index (χ4v) is 3.43. The van der Waals surface area contributed by atoms with E-state index in [-0.39, 0.29) is 22.3 Å². The molecule has 2 aliphatic rings.